The zero-order valence-corrected chi connectivity index (χ0v) is 21.2. The summed E-state index contributed by atoms with van der Waals surface area (Å²) in [6.45, 7) is 11.3. The van der Waals surface area contributed by atoms with E-state index in [2.05, 4.69) is 94.2 Å². The van der Waals surface area contributed by atoms with Gasteiger partial charge in [-0.15, -0.1) is 0 Å². The van der Waals surface area contributed by atoms with Gasteiger partial charge in [0.2, 0.25) is 0 Å². The quantitative estimate of drug-likeness (QED) is 0.265. The SMILES string of the molecule is C/N=C(\c1ccccc1)c1cccc(C)c1Pc1cc(C)cc(C(C)(C)C)c1OCOC. The van der Waals surface area contributed by atoms with Crippen LogP contribution in [0.15, 0.2) is 65.7 Å². The molecule has 0 amide bonds. The molecular formula is C28H34NO2P. The minimum absolute atomic E-state index is 0.0387. The standard InChI is InChI=1S/C28H34NO2P/c1-19-16-23(28(3,4)5)26(31-18-30-7)24(17-19)32-27-20(2)12-11-15-22(27)25(29-6)21-13-9-8-10-14-21/h8-17,32H,18H2,1-7H3/b29-25+. The second-order valence-corrected chi connectivity index (χ2v) is 10.3. The van der Waals surface area contributed by atoms with E-state index in [0.29, 0.717) is 8.58 Å². The molecule has 0 heterocycles. The summed E-state index contributed by atoms with van der Waals surface area (Å²) >= 11 is 0. The molecule has 3 nitrogen and oxygen atoms in total. The monoisotopic (exact) mass is 447 g/mol. The van der Waals surface area contributed by atoms with Gasteiger partial charge in [0.15, 0.2) is 6.79 Å². The van der Waals surface area contributed by atoms with Crippen LogP contribution in [0.1, 0.15) is 48.6 Å². The number of rotatable bonds is 7. The molecule has 0 saturated heterocycles. The molecule has 1 unspecified atom stereocenters. The summed E-state index contributed by atoms with van der Waals surface area (Å²) in [4.78, 5) is 4.69. The van der Waals surface area contributed by atoms with Crippen molar-refractivity contribution in [2.75, 3.05) is 21.0 Å². The topological polar surface area (TPSA) is 30.8 Å². The fourth-order valence-corrected chi connectivity index (χ4v) is 5.37. The van der Waals surface area contributed by atoms with Gasteiger partial charge in [-0.25, -0.2) is 0 Å². The second kappa shape index (κ2) is 10.4. The maximum Gasteiger partial charge on any atom is 0.188 e. The van der Waals surface area contributed by atoms with Crippen LogP contribution in [-0.2, 0) is 10.2 Å². The third kappa shape index (κ3) is 5.46. The summed E-state index contributed by atoms with van der Waals surface area (Å²) < 4.78 is 11.4. The van der Waals surface area contributed by atoms with Crippen LogP contribution in [0, 0.1) is 13.8 Å². The lowest BCUT2D eigenvalue weighted by Crippen LogP contribution is -2.22. The molecule has 168 valence electrons. The Hall–Kier alpha value is -2.48. The fraction of sp³-hybridized carbons (Fsp3) is 0.321. The zero-order chi connectivity index (χ0) is 23.3. The van der Waals surface area contributed by atoms with E-state index in [1.54, 1.807) is 7.11 Å². The fourth-order valence-electron chi connectivity index (χ4n) is 3.86. The Morgan fingerprint density at radius 3 is 2.31 bits per heavy atom. The van der Waals surface area contributed by atoms with Gasteiger partial charge in [-0.3, -0.25) is 4.99 Å². The maximum atomic E-state index is 6.18. The lowest BCUT2D eigenvalue weighted by Gasteiger charge is -2.26. The van der Waals surface area contributed by atoms with Gasteiger partial charge in [-0.05, 0) is 41.8 Å². The van der Waals surface area contributed by atoms with Gasteiger partial charge in [-0.1, -0.05) is 83.9 Å². The van der Waals surface area contributed by atoms with E-state index < -0.39 is 0 Å². The lowest BCUT2D eigenvalue weighted by molar-refractivity contribution is 0.0506. The first-order chi connectivity index (χ1) is 15.3. The van der Waals surface area contributed by atoms with Crippen molar-refractivity contribution in [1.29, 1.82) is 0 Å². The molecule has 3 aromatic rings. The molecule has 0 N–H and O–H groups in total. The highest BCUT2D eigenvalue weighted by Crippen LogP contribution is 2.35. The van der Waals surface area contributed by atoms with Crippen molar-refractivity contribution in [2.45, 2.75) is 40.0 Å². The van der Waals surface area contributed by atoms with Gasteiger partial charge in [0.25, 0.3) is 0 Å². The van der Waals surface area contributed by atoms with E-state index in [4.69, 9.17) is 9.47 Å². The molecule has 0 spiro atoms. The number of hydrogen-bond donors (Lipinski definition) is 0. The van der Waals surface area contributed by atoms with E-state index in [-0.39, 0.29) is 12.2 Å². The van der Waals surface area contributed by atoms with E-state index in [0.717, 1.165) is 17.0 Å². The normalized spacial score (nSPS) is 12.5. The van der Waals surface area contributed by atoms with Gasteiger partial charge in [0, 0.05) is 36.2 Å². The number of aliphatic imine (C=N–C) groups is 1. The highest BCUT2D eigenvalue weighted by molar-refractivity contribution is 7.56. The Balaban J connectivity index is 2.17. The summed E-state index contributed by atoms with van der Waals surface area (Å²) in [5.41, 5.74) is 6.98. The van der Waals surface area contributed by atoms with Crippen LogP contribution in [-0.4, -0.2) is 26.7 Å². The molecule has 0 bridgehead atoms. The minimum Gasteiger partial charge on any atom is -0.467 e. The molecule has 0 aliphatic rings. The average molecular weight is 448 g/mol. The maximum absolute atomic E-state index is 6.18. The Labute approximate surface area is 194 Å². The van der Waals surface area contributed by atoms with Crippen LogP contribution in [0.5, 0.6) is 5.75 Å². The molecule has 1 atom stereocenters. The van der Waals surface area contributed by atoms with E-state index >= 15 is 0 Å². The van der Waals surface area contributed by atoms with Crippen LogP contribution >= 0.6 is 8.58 Å². The molecule has 32 heavy (non-hydrogen) atoms. The summed E-state index contributed by atoms with van der Waals surface area (Å²) in [5.74, 6) is 0.937. The average Bonchev–Trinajstić information content (AvgIpc) is 2.75. The minimum atomic E-state index is -0.0387. The summed E-state index contributed by atoms with van der Waals surface area (Å²) in [6, 6.07) is 21.4. The number of hydrogen-bond acceptors (Lipinski definition) is 3. The van der Waals surface area contributed by atoms with Gasteiger partial charge < -0.3 is 9.47 Å². The number of ether oxygens (including phenoxy) is 2. The van der Waals surface area contributed by atoms with Gasteiger partial charge in [-0.2, -0.15) is 0 Å². The number of benzene rings is 3. The second-order valence-electron chi connectivity index (χ2n) is 9.05. The lowest BCUT2D eigenvalue weighted by atomic mass is 9.85. The summed E-state index contributed by atoms with van der Waals surface area (Å²) in [7, 11) is 3.97. The predicted octanol–water partition coefficient (Wildman–Crippen LogP) is 5.68. The molecule has 0 radical (unpaired) electrons. The molecule has 0 aliphatic heterocycles. The van der Waals surface area contributed by atoms with Crippen LogP contribution in [0.25, 0.3) is 0 Å². The van der Waals surface area contributed by atoms with Gasteiger partial charge in [0.05, 0.1) is 5.71 Å². The number of nitrogens with zero attached hydrogens (tertiary/aromatic N) is 1. The van der Waals surface area contributed by atoms with Crippen LogP contribution < -0.4 is 15.3 Å². The molecular weight excluding hydrogens is 413 g/mol. The van der Waals surface area contributed by atoms with Crippen molar-refractivity contribution < 1.29 is 9.47 Å². The highest BCUT2D eigenvalue weighted by atomic mass is 31.1. The Morgan fingerprint density at radius 1 is 0.969 bits per heavy atom. The summed E-state index contributed by atoms with van der Waals surface area (Å²) in [6.07, 6.45) is 0. The van der Waals surface area contributed by atoms with E-state index in [1.807, 2.05) is 13.1 Å². The van der Waals surface area contributed by atoms with Gasteiger partial charge >= 0.3 is 0 Å². The smallest absolute Gasteiger partial charge is 0.188 e. The van der Waals surface area contributed by atoms with Crippen molar-refractivity contribution in [3.05, 3.63) is 88.5 Å². The van der Waals surface area contributed by atoms with Gasteiger partial charge in [0.1, 0.15) is 5.75 Å². The van der Waals surface area contributed by atoms with Crippen molar-refractivity contribution in [1.82, 2.24) is 0 Å². The number of methoxy groups -OCH3 is 1. The van der Waals surface area contributed by atoms with Crippen molar-refractivity contribution in [3.63, 3.8) is 0 Å². The Kier molecular flexibility index (Phi) is 7.87. The van der Waals surface area contributed by atoms with Crippen molar-refractivity contribution in [2.24, 2.45) is 4.99 Å². The highest BCUT2D eigenvalue weighted by Gasteiger charge is 2.24. The van der Waals surface area contributed by atoms with Crippen LogP contribution in [0.4, 0.5) is 0 Å². The third-order valence-electron chi connectivity index (χ3n) is 5.42. The predicted molar refractivity (Wildman–Crippen MR) is 139 cm³/mol. The van der Waals surface area contributed by atoms with Crippen LogP contribution in [0.3, 0.4) is 0 Å². The first-order valence-corrected chi connectivity index (χ1v) is 11.9. The molecule has 0 aromatic heterocycles. The summed E-state index contributed by atoms with van der Waals surface area (Å²) in [5, 5.41) is 2.50. The zero-order valence-electron chi connectivity index (χ0n) is 20.2. The molecule has 4 heteroatoms. The molecule has 0 aliphatic carbocycles. The Morgan fingerprint density at radius 2 is 1.69 bits per heavy atom. The molecule has 0 fully saturated rings. The van der Waals surface area contributed by atoms with Crippen molar-refractivity contribution in [3.8, 4) is 5.75 Å². The molecule has 3 rings (SSSR count). The first-order valence-electron chi connectivity index (χ1n) is 10.9. The van der Waals surface area contributed by atoms with E-state index in [1.165, 1.54) is 32.9 Å². The third-order valence-corrected chi connectivity index (χ3v) is 6.98. The first kappa shape index (κ1) is 24.2. The number of aryl methyl sites for hydroxylation is 2. The van der Waals surface area contributed by atoms with E-state index in [9.17, 15) is 0 Å². The largest absolute Gasteiger partial charge is 0.467 e. The molecule has 0 saturated carbocycles. The van der Waals surface area contributed by atoms with Crippen molar-refractivity contribution >= 4 is 24.9 Å². The Bertz CT molecular complexity index is 1100. The molecule has 3 aromatic carbocycles. The van der Waals surface area contributed by atoms with Crippen LogP contribution in [0.2, 0.25) is 0 Å².